The summed E-state index contributed by atoms with van der Waals surface area (Å²) in [4.78, 5) is 0. The van der Waals surface area contributed by atoms with E-state index in [0.717, 1.165) is 44.3 Å². The standard InChI is InChI=1S/C22H32O3/c1-4-21-11-9-18-17-8-6-16(25-3)13-15(17)5-7-19(18)20(21)10-12-22(21,24)14(2)23/h6,8,13-14,18-20,23-24H,4-5,7,9-12H2,1-3H3/t14?,18-,19-,20+,21+,22-/m1/s1. The van der Waals surface area contributed by atoms with Crippen molar-refractivity contribution in [1.82, 2.24) is 0 Å². The van der Waals surface area contributed by atoms with Crippen molar-refractivity contribution in [2.75, 3.05) is 7.11 Å². The van der Waals surface area contributed by atoms with Gasteiger partial charge in [-0.2, -0.15) is 0 Å². The van der Waals surface area contributed by atoms with E-state index in [-0.39, 0.29) is 5.41 Å². The van der Waals surface area contributed by atoms with E-state index in [9.17, 15) is 10.2 Å². The smallest absolute Gasteiger partial charge is 0.119 e. The van der Waals surface area contributed by atoms with Crippen LogP contribution in [0, 0.1) is 17.3 Å². The Hall–Kier alpha value is -1.06. The molecule has 0 aliphatic heterocycles. The van der Waals surface area contributed by atoms with Crippen molar-refractivity contribution in [3.8, 4) is 5.75 Å². The van der Waals surface area contributed by atoms with Crippen LogP contribution in [0.15, 0.2) is 18.2 Å². The molecule has 0 heterocycles. The number of fused-ring (bicyclic) bond motifs is 5. The first-order chi connectivity index (χ1) is 12.0. The van der Waals surface area contributed by atoms with E-state index in [0.29, 0.717) is 17.8 Å². The van der Waals surface area contributed by atoms with Crippen LogP contribution in [0.1, 0.15) is 69.4 Å². The van der Waals surface area contributed by atoms with Gasteiger partial charge in [0.1, 0.15) is 5.75 Å². The second-order valence-corrected chi connectivity index (χ2v) is 8.67. The SMILES string of the molecule is CC[C@]12CC[C@@H]3c4ccc(OC)cc4CC[C@H]3[C@@H]1CC[C@@]2(O)C(C)O. The second-order valence-electron chi connectivity index (χ2n) is 8.67. The molecule has 0 spiro atoms. The second kappa shape index (κ2) is 5.99. The number of aliphatic hydroxyl groups excluding tert-OH is 1. The van der Waals surface area contributed by atoms with Crippen LogP contribution in [0.25, 0.3) is 0 Å². The minimum atomic E-state index is -0.905. The molecule has 138 valence electrons. The maximum Gasteiger partial charge on any atom is 0.119 e. The topological polar surface area (TPSA) is 49.7 Å². The third kappa shape index (κ3) is 2.24. The van der Waals surface area contributed by atoms with Crippen molar-refractivity contribution in [3.63, 3.8) is 0 Å². The molecule has 0 radical (unpaired) electrons. The van der Waals surface area contributed by atoms with Gasteiger partial charge in [0.05, 0.1) is 18.8 Å². The van der Waals surface area contributed by atoms with Gasteiger partial charge in [-0.3, -0.25) is 0 Å². The first-order valence-corrected chi connectivity index (χ1v) is 10.0. The molecule has 6 atom stereocenters. The maximum absolute atomic E-state index is 11.4. The lowest BCUT2D eigenvalue weighted by molar-refractivity contribution is -0.169. The van der Waals surface area contributed by atoms with Gasteiger partial charge in [-0.15, -0.1) is 0 Å². The average molecular weight is 344 g/mol. The van der Waals surface area contributed by atoms with Crippen molar-refractivity contribution in [3.05, 3.63) is 29.3 Å². The van der Waals surface area contributed by atoms with Gasteiger partial charge in [0.25, 0.3) is 0 Å². The highest BCUT2D eigenvalue weighted by molar-refractivity contribution is 5.41. The minimum Gasteiger partial charge on any atom is -0.497 e. The van der Waals surface area contributed by atoms with Gasteiger partial charge in [0.2, 0.25) is 0 Å². The number of rotatable bonds is 3. The minimum absolute atomic E-state index is 0.105. The van der Waals surface area contributed by atoms with Crippen LogP contribution >= 0.6 is 0 Å². The Labute approximate surface area is 151 Å². The Kier molecular flexibility index (Phi) is 4.16. The highest BCUT2D eigenvalue weighted by atomic mass is 16.5. The molecule has 2 N–H and O–H groups in total. The van der Waals surface area contributed by atoms with E-state index in [4.69, 9.17) is 4.74 Å². The Balaban J connectivity index is 1.70. The van der Waals surface area contributed by atoms with Gasteiger partial charge < -0.3 is 14.9 Å². The summed E-state index contributed by atoms with van der Waals surface area (Å²) in [5.41, 5.74) is 1.95. The van der Waals surface area contributed by atoms with Crippen molar-refractivity contribution in [2.24, 2.45) is 17.3 Å². The molecule has 3 aliphatic rings. The number of hydrogen-bond acceptors (Lipinski definition) is 3. The van der Waals surface area contributed by atoms with Crippen molar-refractivity contribution < 1.29 is 14.9 Å². The molecule has 0 amide bonds. The number of hydrogen-bond donors (Lipinski definition) is 2. The van der Waals surface area contributed by atoms with Crippen molar-refractivity contribution >= 4 is 0 Å². The summed E-state index contributed by atoms with van der Waals surface area (Å²) in [6, 6.07) is 6.59. The normalized spacial score (nSPS) is 40.8. The average Bonchev–Trinajstić information content (AvgIpc) is 2.95. The third-order valence-corrected chi connectivity index (χ3v) is 8.16. The molecule has 0 saturated heterocycles. The largest absolute Gasteiger partial charge is 0.497 e. The molecule has 2 saturated carbocycles. The molecule has 25 heavy (non-hydrogen) atoms. The molecular formula is C22H32O3. The summed E-state index contributed by atoms with van der Waals surface area (Å²) in [5.74, 6) is 2.74. The van der Waals surface area contributed by atoms with Crippen LogP contribution in [-0.4, -0.2) is 29.0 Å². The summed E-state index contributed by atoms with van der Waals surface area (Å²) in [6.07, 6.45) is 6.60. The quantitative estimate of drug-likeness (QED) is 0.869. The lowest BCUT2D eigenvalue weighted by Crippen LogP contribution is -2.57. The van der Waals surface area contributed by atoms with Crippen LogP contribution < -0.4 is 4.74 Å². The van der Waals surface area contributed by atoms with Gasteiger partial charge in [-0.25, -0.2) is 0 Å². The van der Waals surface area contributed by atoms with Crippen LogP contribution in [0.3, 0.4) is 0 Å². The summed E-state index contributed by atoms with van der Waals surface area (Å²) in [6.45, 7) is 4.00. The monoisotopic (exact) mass is 344 g/mol. The predicted octanol–water partition coefficient (Wildman–Crippen LogP) is 4.05. The fourth-order valence-corrected chi connectivity index (χ4v) is 6.92. The van der Waals surface area contributed by atoms with Crippen LogP contribution in [0.5, 0.6) is 5.75 Å². The molecule has 3 nitrogen and oxygen atoms in total. The van der Waals surface area contributed by atoms with E-state index in [1.54, 1.807) is 14.0 Å². The lowest BCUT2D eigenvalue weighted by Gasteiger charge is -2.55. The molecular weight excluding hydrogens is 312 g/mol. The molecule has 4 rings (SSSR count). The molecule has 1 aromatic carbocycles. The van der Waals surface area contributed by atoms with Gasteiger partial charge in [-0.05, 0) is 92.9 Å². The first-order valence-electron chi connectivity index (χ1n) is 10.0. The van der Waals surface area contributed by atoms with E-state index in [1.807, 2.05) is 0 Å². The van der Waals surface area contributed by atoms with E-state index < -0.39 is 11.7 Å². The molecule has 1 unspecified atom stereocenters. The lowest BCUT2D eigenvalue weighted by atomic mass is 9.51. The van der Waals surface area contributed by atoms with Crippen LogP contribution in [0.2, 0.25) is 0 Å². The highest BCUT2D eigenvalue weighted by Crippen LogP contribution is 2.66. The van der Waals surface area contributed by atoms with Gasteiger partial charge >= 0.3 is 0 Å². The zero-order valence-corrected chi connectivity index (χ0v) is 15.8. The molecule has 2 fully saturated rings. The number of ether oxygens (including phenoxy) is 1. The fraction of sp³-hybridized carbons (Fsp3) is 0.727. The molecule has 3 aliphatic carbocycles. The zero-order valence-electron chi connectivity index (χ0n) is 15.8. The molecule has 0 bridgehead atoms. The fourth-order valence-electron chi connectivity index (χ4n) is 6.92. The number of benzene rings is 1. The zero-order chi connectivity index (χ0) is 17.8. The Bertz CT molecular complexity index is 655. The van der Waals surface area contributed by atoms with Crippen LogP contribution in [0.4, 0.5) is 0 Å². The molecule has 0 aromatic heterocycles. The Morgan fingerprint density at radius 1 is 1.24 bits per heavy atom. The van der Waals surface area contributed by atoms with E-state index in [1.165, 1.54) is 17.5 Å². The summed E-state index contributed by atoms with van der Waals surface area (Å²) >= 11 is 0. The van der Waals surface area contributed by atoms with Gasteiger partial charge in [-0.1, -0.05) is 13.0 Å². The molecule has 1 aromatic rings. The van der Waals surface area contributed by atoms with E-state index in [2.05, 4.69) is 25.1 Å². The highest BCUT2D eigenvalue weighted by Gasteiger charge is 2.64. The number of aryl methyl sites for hydroxylation is 1. The first kappa shape index (κ1) is 17.4. The number of aliphatic hydroxyl groups is 2. The van der Waals surface area contributed by atoms with Crippen molar-refractivity contribution in [1.29, 1.82) is 0 Å². The molecule has 3 heteroatoms. The summed E-state index contributed by atoms with van der Waals surface area (Å²) < 4.78 is 5.41. The van der Waals surface area contributed by atoms with E-state index >= 15 is 0 Å². The maximum atomic E-state index is 11.4. The summed E-state index contributed by atoms with van der Waals surface area (Å²) in [7, 11) is 1.74. The third-order valence-electron chi connectivity index (χ3n) is 8.16. The number of methoxy groups -OCH3 is 1. The van der Waals surface area contributed by atoms with Crippen LogP contribution in [-0.2, 0) is 6.42 Å². The predicted molar refractivity (Wildman–Crippen MR) is 98.9 cm³/mol. The Morgan fingerprint density at radius 2 is 2.04 bits per heavy atom. The van der Waals surface area contributed by atoms with Gasteiger partial charge in [0.15, 0.2) is 0 Å². The van der Waals surface area contributed by atoms with Crippen molar-refractivity contribution in [2.45, 2.75) is 76.4 Å². The Morgan fingerprint density at radius 3 is 2.72 bits per heavy atom. The summed E-state index contributed by atoms with van der Waals surface area (Å²) in [5, 5.41) is 21.8. The van der Waals surface area contributed by atoms with Gasteiger partial charge in [0, 0.05) is 5.41 Å².